The van der Waals surface area contributed by atoms with Crippen molar-refractivity contribution < 1.29 is 9.47 Å². The Balaban J connectivity index is 2.07. The molecule has 2 nitrogen and oxygen atoms in total. The summed E-state index contributed by atoms with van der Waals surface area (Å²) >= 11 is 0. The van der Waals surface area contributed by atoms with Crippen molar-refractivity contribution in [2.45, 2.75) is 31.5 Å². The van der Waals surface area contributed by atoms with E-state index in [0.717, 1.165) is 31.4 Å². The summed E-state index contributed by atoms with van der Waals surface area (Å²) in [5, 5.41) is 0. The highest BCUT2D eigenvalue weighted by Gasteiger charge is 2.27. The summed E-state index contributed by atoms with van der Waals surface area (Å²) in [6.07, 6.45) is 3.45. The number of hydrogen-bond donors (Lipinski definition) is 0. The van der Waals surface area contributed by atoms with Crippen LogP contribution in [-0.4, -0.2) is 25.4 Å². The van der Waals surface area contributed by atoms with Gasteiger partial charge in [0.1, 0.15) is 6.61 Å². The molecule has 2 heterocycles. The van der Waals surface area contributed by atoms with Crippen LogP contribution < -0.4 is 0 Å². The first-order valence-electron chi connectivity index (χ1n) is 4.76. The topological polar surface area (TPSA) is 18.5 Å². The molecule has 70 valence electrons. The van der Waals surface area contributed by atoms with E-state index in [2.05, 4.69) is 18.4 Å². The fourth-order valence-electron chi connectivity index (χ4n) is 1.80. The fraction of sp³-hybridized carbons (Fsp3) is 0.636. The van der Waals surface area contributed by atoms with Gasteiger partial charge in [0.2, 0.25) is 0 Å². The van der Waals surface area contributed by atoms with Crippen molar-refractivity contribution in [3.63, 3.8) is 0 Å². The average Bonchev–Trinajstić information content (AvgIpc) is 2.11. The van der Waals surface area contributed by atoms with Crippen molar-refractivity contribution >= 4 is 0 Å². The van der Waals surface area contributed by atoms with Crippen LogP contribution in [0.15, 0.2) is 12.2 Å². The van der Waals surface area contributed by atoms with E-state index in [0.29, 0.717) is 6.61 Å². The maximum atomic E-state index is 5.63. The molecule has 0 N–H and O–H groups in total. The van der Waals surface area contributed by atoms with E-state index < -0.39 is 0 Å². The lowest BCUT2D eigenvalue weighted by atomic mass is 9.98. The molecule has 0 bridgehead atoms. The SMILES string of the molecule is C=C1C#CCO[C@H]2CCCO[C@@H]2C1. The van der Waals surface area contributed by atoms with Gasteiger partial charge in [0.25, 0.3) is 0 Å². The summed E-state index contributed by atoms with van der Waals surface area (Å²) in [7, 11) is 0. The first kappa shape index (κ1) is 8.80. The molecule has 2 rings (SSSR count). The molecule has 0 spiro atoms. The second kappa shape index (κ2) is 3.95. The second-order valence-electron chi connectivity index (χ2n) is 3.51. The van der Waals surface area contributed by atoms with Gasteiger partial charge in [0, 0.05) is 13.0 Å². The molecule has 2 heteroatoms. The third kappa shape index (κ3) is 2.12. The van der Waals surface area contributed by atoms with Gasteiger partial charge < -0.3 is 9.47 Å². The van der Waals surface area contributed by atoms with Crippen LogP contribution in [0.5, 0.6) is 0 Å². The van der Waals surface area contributed by atoms with Crippen LogP contribution in [0.3, 0.4) is 0 Å². The number of hydrogen-bond acceptors (Lipinski definition) is 2. The van der Waals surface area contributed by atoms with Crippen LogP contribution in [0.1, 0.15) is 19.3 Å². The van der Waals surface area contributed by atoms with Crippen molar-refractivity contribution in [2.24, 2.45) is 0 Å². The molecular weight excluding hydrogens is 164 g/mol. The lowest BCUT2D eigenvalue weighted by Crippen LogP contribution is -2.37. The fourth-order valence-corrected chi connectivity index (χ4v) is 1.80. The molecule has 0 radical (unpaired) electrons. The van der Waals surface area contributed by atoms with E-state index in [1.165, 1.54) is 0 Å². The highest BCUT2D eigenvalue weighted by molar-refractivity contribution is 5.27. The highest BCUT2D eigenvalue weighted by Crippen LogP contribution is 2.22. The molecule has 0 unspecified atom stereocenters. The van der Waals surface area contributed by atoms with Crippen molar-refractivity contribution in [1.29, 1.82) is 0 Å². The highest BCUT2D eigenvalue weighted by atomic mass is 16.5. The van der Waals surface area contributed by atoms with Crippen LogP contribution in [0.25, 0.3) is 0 Å². The minimum atomic E-state index is 0.191. The third-order valence-corrected chi connectivity index (χ3v) is 2.46. The summed E-state index contributed by atoms with van der Waals surface area (Å²) in [5.74, 6) is 5.91. The average molecular weight is 178 g/mol. The molecule has 13 heavy (non-hydrogen) atoms. The van der Waals surface area contributed by atoms with Gasteiger partial charge >= 0.3 is 0 Å². The van der Waals surface area contributed by atoms with E-state index >= 15 is 0 Å². The summed E-state index contributed by atoms with van der Waals surface area (Å²) < 4.78 is 11.2. The van der Waals surface area contributed by atoms with Crippen molar-refractivity contribution in [1.82, 2.24) is 0 Å². The van der Waals surface area contributed by atoms with Gasteiger partial charge in [-0.3, -0.25) is 0 Å². The van der Waals surface area contributed by atoms with Gasteiger partial charge in [-0.05, 0) is 18.4 Å². The largest absolute Gasteiger partial charge is 0.375 e. The Labute approximate surface area is 78.9 Å². The lowest BCUT2D eigenvalue weighted by Gasteiger charge is -2.31. The quantitative estimate of drug-likeness (QED) is 0.523. The molecule has 0 aromatic rings. The normalized spacial score (nSPS) is 33.7. The molecule has 2 aliphatic heterocycles. The zero-order chi connectivity index (χ0) is 9.10. The Hall–Kier alpha value is -0.780. The van der Waals surface area contributed by atoms with Crippen molar-refractivity contribution in [3.05, 3.63) is 12.2 Å². The zero-order valence-corrected chi connectivity index (χ0v) is 7.71. The Kier molecular flexibility index (Phi) is 2.68. The smallest absolute Gasteiger partial charge is 0.108 e. The van der Waals surface area contributed by atoms with E-state index in [1.807, 2.05) is 0 Å². The number of fused-ring (bicyclic) bond motifs is 1. The first-order valence-corrected chi connectivity index (χ1v) is 4.76. The van der Waals surface area contributed by atoms with Crippen LogP contribution in [-0.2, 0) is 9.47 Å². The van der Waals surface area contributed by atoms with Gasteiger partial charge in [-0.15, -0.1) is 0 Å². The summed E-state index contributed by atoms with van der Waals surface area (Å²) in [6, 6.07) is 0. The molecule has 1 fully saturated rings. The molecule has 2 atom stereocenters. The predicted octanol–water partition coefficient (Wildman–Crippen LogP) is 1.51. The summed E-state index contributed by atoms with van der Waals surface area (Å²) in [5.41, 5.74) is 0.972. The molecule has 2 aliphatic rings. The van der Waals surface area contributed by atoms with E-state index in [-0.39, 0.29) is 12.2 Å². The van der Waals surface area contributed by atoms with Crippen molar-refractivity contribution in [3.8, 4) is 11.8 Å². The van der Waals surface area contributed by atoms with Crippen LogP contribution in [0.4, 0.5) is 0 Å². The van der Waals surface area contributed by atoms with E-state index in [4.69, 9.17) is 9.47 Å². The molecule has 0 saturated carbocycles. The van der Waals surface area contributed by atoms with Crippen LogP contribution >= 0.6 is 0 Å². The first-order chi connectivity index (χ1) is 6.36. The van der Waals surface area contributed by atoms with Gasteiger partial charge in [-0.2, -0.15) is 0 Å². The minimum Gasteiger partial charge on any atom is -0.375 e. The molecule has 1 saturated heterocycles. The second-order valence-corrected chi connectivity index (χ2v) is 3.51. The Morgan fingerprint density at radius 2 is 2.23 bits per heavy atom. The molecule has 0 amide bonds. The maximum absolute atomic E-state index is 5.63. The minimum absolute atomic E-state index is 0.191. The Morgan fingerprint density at radius 3 is 3.15 bits per heavy atom. The predicted molar refractivity (Wildman–Crippen MR) is 50.2 cm³/mol. The maximum Gasteiger partial charge on any atom is 0.108 e. The van der Waals surface area contributed by atoms with Gasteiger partial charge in [0.05, 0.1) is 12.2 Å². The Morgan fingerprint density at radius 1 is 1.31 bits per heavy atom. The lowest BCUT2D eigenvalue weighted by molar-refractivity contribution is -0.0972. The number of ether oxygens (including phenoxy) is 2. The molecule has 0 aromatic carbocycles. The Bertz CT molecular complexity index is 259. The molecular formula is C11H14O2. The third-order valence-electron chi connectivity index (χ3n) is 2.46. The van der Waals surface area contributed by atoms with Gasteiger partial charge in [-0.1, -0.05) is 18.4 Å². The van der Waals surface area contributed by atoms with E-state index in [1.54, 1.807) is 0 Å². The van der Waals surface area contributed by atoms with Gasteiger partial charge in [-0.25, -0.2) is 0 Å². The summed E-state index contributed by atoms with van der Waals surface area (Å²) in [4.78, 5) is 0. The van der Waals surface area contributed by atoms with Crippen LogP contribution in [0.2, 0.25) is 0 Å². The standard InChI is InChI=1S/C11H14O2/c1-9-4-2-6-12-10-5-3-7-13-11(10)8-9/h10-11H,1,3,5-8H2/t10-,11+/m0/s1. The van der Waals surface area contributed by atoms with Crippen LogP contribution in [0, 0.1) is 11.8 Å². The number of rotatable bonds is 0. The molecule has 0 aromatic heterocycles. The summed E-state index contributed by atoms with van der Waals surface area (Å²) in [6.45, 7) is 5.27. The van der Waals surface area contributed by atoms with Gasteiger partial charge in [0.15, 0.2) is 0 Å². The zero-order valence-electron chi connectivity index (χ0n) is 7.71. The molecule has 0 aliphatic carbocycles. The van der Waals surface area contributed by atoms with E-state index in [9.17, 15) is 0 Å². The monoisotopic (exact) mass is 178 g/mol. The van der Waals surface area contributed by atoms with Crippen molar-refractivity contribution in [2.75, 3.05) is 13.2 Å².